The molecular weight excluding hydrogens is 409 g/mol. The number of ketones is 1. The van der Waals surface area contributed by atoms with Gasteiger partial charge >= 0.3 is 6.18 Å². The van der Waals surface area contributed by atoms with Gasteiger partial charge in [0.05, 0.1) is 18.7 Å². The fourth-order valence-corrected chi connectivity index (χ4v) is 3.32. The largest absolute Gasteiger partial charge is 0.470 e. The third-order valence-corrected chi connectivity index (χ3v) is 4.93. The van der Waals surface area contributed by atoms with Crippen LogP contribution in [0.25, 0.3) is 0 Å². The molecule has 1 aliphatic heterocycles. The van der Waals surface area contributed by atoms with Gasteiger partial charge in [0.2, 0.25) is 5.88 Å². The number of carbonyl (C=O) groups excluding carboxylic acids is 2. The molecule has 3 aromatic rings. The smallest absolute Gasteiger partial charge is 0.421 e. The molecule has 1 saturated heterocycles. The molecule has 0 N–H and O–H groups in total. The van der Waals surface area contributed by atoms with Crippen LogP contribution in [0.1, 0.15) is 31.8 Å². The van der Waals surface area contributed by atoms with Crippen LogP contribution in [-0.4, -0.2) is 40.8 Å². The van der Waals surface area contributed by atoms with Crippen molar-refractivity contribution in [1.29, 1.82) is 0 Å². The van der Waals surface area contributed by atoms with Crippen LogP contribution < -0.4 is 4.74 Å². The molecule has 2 aromatic carbocycles. The first-order valence-corrected chi connectivity index (χ1v) is 9.51. The second-order valence-electron chi connectivity index (χ2n) is 7.04. The van der Waals surface area contributed by atoms with Gasteiger partial charge in [0.1, 0.15) is 11.7 Å². The summed E-state index contributed by atoms with van der Waals surface area (Å²) in [6.45, 7) is 0.196. The van der Waals surface area contributed by atoms with E-state index in [1.54, 1.807) is 54.6 Å². The molecule has 0 radical (unpaired) electrons. The first kappa shape index (κ1) is 20.6. The fourth-order valence-electron chi connectivity index (χ4n) is 3.32. The molecule has 31 heavy (non-hydrogen) atoms. The Morgan fingerprint density at radius 1 is 0.903 bits per heavy atom. The van der Waals surface area contributed by atoms with Crippen LogP contribution in [0, 0.1) is 0 Å². The molecule has 4 rings (SSSR count). The number of alkyl halides is 3. The van der Waals surface area contributed by atoms with Gasteiger partial charge in [0, 0.05) is 17.3 Å². The SMILES string of the molecule is O=C(c1ccccc1)c1ccccc1C(=O)N1CC(Oc2ncccc2C(F)(F)F)C1. The maximum absolute atomic E-state index is 13.1. The van der Waals surface area contributed by atoms with E-state index in [0.717, 1.165) is 6.07 Å². The number of likely N-dealkylation sites (tertiary alicyclic amines) is 1. The summed E-state index contributed by atoms with van der Waals surface area (Å²) < 4.78 is 44.7. The third kappa shape index (κ3) is 4.28. The van der Waals surface area contributed by atoms with Crippen molar-refractivity contribution in [2.24, 2.45) is 0 Å². The summed E-state index contributed by atoms with van der Waals surface area (Å²) in [6.07, 6.45) is -3.98. The Balaban J connectivity index is 1.46. The first-order chi connectivity index (χ1) is 14.8. The Labute approximate surface area is 176 Å². The van der Waals surface area contributed by atoms with E-state index in [2.05, 4.69) is 4.98 Å². The number of nitrogens with zero attached hydrogens (tertiary/aromatic N) is 2. The van der Waals surface area contributed by atoms with Gasteiger partial charge in [-0.2, -0.15) is 13.2 Å². The molecule has 0 spiro atoms. The lowest BCUT2D eigenvalue weighted by atomic mass is 9.96. The molecule has 8 heteroatoms. The van der Waals surface area contributed by atoms with Crippen LogP contribution in [0.2, 0.25) is 0 Å². The van der Waals surface area contributed by atoms with Gasteiger partial charge in [-0.3, -0.25) is 9.59 Å². The van der Waals surface area contributed by atoms with Crippen LogP contribution in [0.3, 0.4) is 0 Å². The minimum absolute atomic E-state index is 0.0978. The zero-order valence-electron chi connectivity index (χ0n) is 16.2. The summed E-state index contributed by atoms with van der Waals surface area (Å²) in [5.74, 6) is -1.16. The minimum Gasteiger partial charge on any atom is -0.470 e. The highest BCUT2D eigenvalue weighted by molar-refractivity contribution is 6.15. The molecule has 0 atom stereocenters. The number of benzene rings is 2. The number of pyridine rings is 1. The van der Waals surface area contributed by atoms with E-state index in [1.165, 1.54) is 17.2 Å². The summed E-state index contributed by atoms with van der Waals surface area (Å²) in [5.41, 5.74) is 0.0109. The lowest BCUT2D eigenvalue weighted by molar-refractivity contribution is -0.140. The molecule has 2 heterocycles. The standard InChI is InChI=1S/C23H17F3N2O3/c24-23(25,26)19-11-6-12-27-21(19)31-16-13-28(14-16)22(30)18-10-5-4-9-17(18)20(29)15-7-2-1-3-8-15/h1-12,16H,13-14H2. The van der Waals surface area contributed by atoms with E-state index in [1.807, 2.05) is 0 Å². The number of amides is 1. The van der Waals surface area contributed by atoms with Crippen LogP contribution in [0.15, 0.2) is 72.9 Å². The molecule has 158 valence electrons. The lowest BCUT2D eigenvalue weighted by Gasteiger charge is -2.39. The third-order valence-electron chi connectivity index (χ3n) is 4.93. The quantitative estimate of drug-likeness (QED) is 0.573. The summed E-state index contributed by atoms with van der Waals surface area (Å²) >= 11 is 0. The Morgan fingerprint density at radius 3 is 2.23 bits per heavy atom. The minimum atomic E-state index is -4.58. The summed E-state index contributed by atoms with van der Waals surface area (Å²) in [7, 11) is 0. The van der Waals surface area contributed by atoms with E-state index in [-0.39, 0.29) is 35.9 Å². The normalized spacial score (nSPS) is 14.1. The van der Waals surface area contributed by atoms with Crippen molar-refractivity contribution in [3.63, 3.8) is 0 Å². The van der Waals surface area contributed by atoms with E-state index < -0.39 is 23.7 Å². The van der Waals surface area contributed by atoms with Crippen LogP contribution in [0.5, 0.6) is 5.88 Å². The highest BCUT2D eigenvalue weighted by atomic mass is 19.4. The molecular formula is C23H17F3N2O3. The van der Waals surface area contributed by atoms with Gasteiger partial charge in [-0.15, -0.1) is 0 Å². The number of carbonyl (C=O) groups is 2. The van der Waals surface area contributed by atoms with Crippen LogP contribution >= 0.6 is 0 Å². The van der Waals surface area contributed by atoms with Gasteiger partial charge in [-0.1, -0.05) is 48.5 Å². The Morgan fingerprint density at radius 2 is 1.55 bits per heavy atom. The van der Waals surface area contributed by atoms with Crippen molar-refractivity contribution >= 4 is 11.7 Å². The van der Waals surface area contributed by atoms with Gasteiger partial charge in [0.25, 0.3) is 5.91 Å². The fraction of sp³-hybridized carbons (Fsp3) is 0.174. The number of rotatable bonds is 5. The van der Waals surface area contributed by atoms with Crippen molar-refractivity contribution in [3.05, 3.63) is 95.2 Å². The summed E-state index contributed by atoms with van der Waals surface area (Å²) in [5, 5.41) is 0. The highest BCUT2D eigenvalue weighted by Gasteiger charge is 2.39. The molecule has 0 saturated carbocycles. The Kier molecular flexibility index (Phi) is 5.46. The van der Waals surface area contributed by atoms with Crippen molar-refractivity contribution < 1.29 is 27.5 Å². The van der Waals surface area contributed by atoms with Gasteiger partial charge < -0.3 is 9.64 Å². The van der Waals surface area contributed by atoms with Crippen molar-refractivity contribution in [2.75, 3.05) is 13.1 Å². The Bertz CT molecular complexity index is 1110. The average molecular weight is 426 g/mol. The van der Waals surface area contributed by atoms with Crippen molar-refractivity contribution in [3.8, 4) is 5.88 Å². The number of ether oxygens (including phenoxy) is 1. The highest BCUT2D eigenvalue weighted by Crippen LogP contribution is 2.35. The predicted molar refractivity (Wildman–Crippen MR) is 106 cm³/mol. The van der Waals surface area contributed by atoms with Gasteiger partial charge in [0.15, 0.2) is 5.78 Å². The van der Waals surface area contributed by atoms with E-state index in [4.69, 9.17) is 4.74 Å². The number of hydrogen-bond donors (Lipinski definition) is 0. The first-order valence-electron chi connectivity index (χ1n) is 9.51. The predicted octanol–water partition coefficient (Wildman–Crippen LogP) is 4.23. The maximum atomic E-state index is 13.1. The van der Waals surface area contributed by atoms with E-state index in [0.29, 0.717) is 5.56 Å². The molecule has 5 nitrogen and oxygen atoms in total. The van der Waals surface area contributed by atoms with Crippen LogP contribution in [0.4, 0.5) is 13.2 Å². The number of hydrogen-bond acceptors (Lipinski definition) is 4. The summed E-state index contributed by atoms with van der Waals surface area (Å²) in [4.78, 5) is 30.9. The number of halogens is 3. The van der Waals surface area contributed by atoms with Gasteiger partial charge in [-0.25, -0.2) is 4.98 Å². The van der Waals surface area contributed by atoms with Crippen molar-refractivity contribution in [1.82, 2.24) is 9.88 Å². The van der Waals surface area contributed by atoms with Gasteiger partial charge in [-0.05, 0) is 18.2 Å². The molecule has 1 aromatic heterocycles. The van der Waals surface area contributed by atoms with E-state index in [9.17, 15) is 22.8 Å². The average Bonchev–Trinajstić information content (AvgIpc) is 2.75. The second kappa shape index (κ2) is 8.22. The topological polar surface area (TPSA) is 59.5 Å². The number of aromatic nitrogens is 1. The zero-order chi connectivity index (χ0) is 22.0. The molecule has 1 aliphatic rings. The second-order valence-corrected chi connectivity index (χ2v) is 7.04. The summed E-state index contributed by atoms with van der Waals surface area (Å²) in [6, 6.07) is 17.2. The Hall–Kier alpha value is -3.68. The molecule has 1 fully saturated rings. The monoisotopic (exact) mass is 426 g/mol. The molecule has 0 unspecified atom stereocenters. The molecule has 1 amide bonds. The maximum Gasteiger partial charge on any atom is 0.421 e. The molecule has 0 aliphatic carbocycles. The van der Waals surface area contributed by atoms with Crippen LogP contribution in [-0.2, 0) is 6.18 Å². The van der Waals surface area contributed by atoms with E-state index >= 15 is 0 Å². The lowest BCUT2D eigenvalue weighted by Crippen LogP contribution is -2.56. The van der Waals surface area contributed by atoms with Crippen molar-refractivity contribution in [2.45, 2.75) is 12.3 Å². The molecule has 0 bridgehead atoms. The zero-order valence-corrected chi connectivity index (χ0v) is 16.2.